The number of aromatic nitrogens is 2. The lowest BCUT2D eigenvalue weighted by Gasteiger charge is -2.24. The van der Waals surface area contributed by atoms with Crippen molar-refractivity contribution in [2.45, 2.75) is 12.6 Å². The summed E-state index contributed by atoms with van der Waals surface area (Å²) in [7, 11) is 0. The van der Waals surface area contributed by atoms with E-state index in [1.54, 1.807) is 0 Å². The van der Waals surface area contributed by atoms with E-state index in [0.29, 0.717) is 6.04 Å². The maximum absolute atomic E-state index is 5.48. The van der Waals surface area contributed by atoms with E-state index in [1.165, 1.54) is 5.56 Å². The zero-order valence-corrected chi connectivity index (χ0v) is 10.2. The summed E-state index contributed by atoms with van der Waals surface area (Å²) in [6, 6.07) is 10.7. The molecule has 0 spiro atoms. The van der Waals surface area contributed by atoms with Gasteiger partial charge in [0.1, 0.15) is 0 Å². The zero-order valence-electron chi connectivity index (χ0n) is 10.2. The Morgan fingerprint density at radius 3 is 3.00 bits per heavy atom. The van der Waals surface area contributed by atoms with Crippen LogP contribution in [0.3, 0.4) is 0 Å². The van der Waals surface area contributed by atoms with Gasteiger partial charge in [0.05, 0.1) is 31.4 Å². The van der Waals surface area contributed by atoms with E-state index >= 15 is 0 Å². The number of rotatable bonds is 3. The van der Waals surface area contributed by atoms with Gasteiger partial charge in [-0.05, 0) is 5.56 Å². The molecule has 0 radical (unpaired) electrons. The van der Waals surface area contributed by atoms with Gasteiger partial charge in [0.15, 0.2) is 0 Å². The van der Waals surface area contributed by atoms with E-state index in [1.807, 2.05) is 18.6 Å². The molecule has 18 heavy (non-hydrogen) atoms. The number of morpholine rings is 1. The Hall–Kier alpha value is -1.65. The molecule has 2 heterocycles. The predicted molar refractivity (Wildman–Crippen MR) is 70.3 cm³/mol. The number of hydrogen-bond acceptors (Lipinski definition) is 3. The van der Waals surface area contributed by atoms with Crippen molar-refractivity contribution >= 4 is 0 Å². The summed E-state index contributed by atoms with van der Waals surface area (Å²) < 4.78 is 7.66. The third-order valence-corrected chi connectivity index (χ3v) is 3.20. The van der Waals surface area contributed by atoms with Gasteiger partial charge >= 0.3 is 0 Å². The minimum Gasteiger partial charge on any atom is -0.378 e. The van der Waals surface area contributed by atoms with Crippen LogP contribution in [0.2, 0.25) is 0 Å². The number of ether oxygens (including phenoxy) is 1. The summed E-state index contributed by atoms with van der Waals surface area (Å²) in [6.07, 6.45) is 3.80. The second-order valence-corrected chi connectivity index (χ2v) is 4.52. The average Bonchev–Trinajstić information content (AvgIpc) is 2.89. The van der Waals surface area contributed by atoms with Gasteiger partial charge in [-0.3, -0.25) is 0 Å². The van der Waals surface area contributed by atoms with Crippen molar-refractivity contribution in [2.75, 3.05) is 19.8 Å². The van der Waals surface area contributed by atoms with Crippen LogP contribution in [0.25, 0.3) is 11.3 Å². The Morgan fingerprint density at radius 1 is 1.33 bits per heavy atom. The Morgan fingerprint density at radius 2 is 2.22 bits per heavy atom. The lowest BCUT2D eigenvalue weighted by molar-refractivity contribution is 0.0715. The first kappa shape index (κ1) is 11.4. The third-order valence-electron chi connectivity index (χ3n) is 3.20. The molecule has 4 heteroatoms. The van der Waals surface area contributed by atoms with Crippen LogP contribution in [0.1, 0.15) is 0 Å². The van der Waals surface area contributed by atoms with Crippen molar-refractivity contribution in [3.8, 4) is 11.3 Å². The fourth-order valence-electron chi connectivity index (χ4n) is 2.29. The number of benzene rings is 1. The highest BCUT2D eigenvalue weighted by molar-refractivity contribution is 5.58. The molecule has 1 unspecified atom stereocenters. The van der Waals surface area contributed by atoms with Gasteiger partial charge in [-0.15, -0.1) is 0 Å². The molecule has 1 aromatic heterocycles. The normalized spacial score (nSPS) is 19.9. The number of imidazole rings is 1. The molecule has 1 aliphatic heterocycles. The minimum absolute atomic E-state index is 0.371. The maximum Gasteiger partial charge on any atom is 0.0951 e. The van der Waals surface area contributed by atoms with Gasteiger partial charge < -0.3 is 14.6 Å². The van der Waals surface area contributed by atoms with Crippen LogP contribution in [0.5, 0.6) is 0 Å². The zero-order chi connectivity index (χ0) is 12.2. The van der Waals surface area contributed by atoms with E-state index in [-0.39, 0.29) is 0 Å². The van der Waals surface area contributed by atoms with Crippen LogP contribution in [0.4, 0.5) is 0 Å². The average molecular weight is 243 g/mol. The molecule has 0 saturated carbocycles. The monoisotopic (exact) mass is 243 g/mol. The standard InChI is InChI=1S/C14H17N3O/c1-2-4-12(5-3-1)14-8-15-11-17(14)9-13-10-18-7-6-16-13/h1-5,8,11,13,16H,6-7,9-10H2. The van der Waals surface area contributed by atoms with Crippen molar-refractivity contribution in [1.29, 1.82) is 0 Å². The molecular formula is C14H17N3O. The molecule has 3 rings (SSSR count). The lowest BCUT2D eigenvalue weighted by atomic mass is 10.1. The van der Waals surface area contributed by atoms with Gasteiger partial charge in [0.2, 0.25) is 0 Å². The first-order valence-electron chi connectivity index (χ1n) is 6.30. The molecule has 1 N–H and O–H groups in total. The smallest absolute Gasteiger partial charge is 0.0951 e. The molecule has 1 aliphatic rings. The van der Waals surface area contributed by atoms with Gasteiger partial charge in [-0.25, -0.2) is 4.98 Å². The summed E-state index contributed by atoms with van der Waals surface area (Å²) in [5.41, 5.74) is 2.36. The highest BCUT2D eigenvalue weighted by Crippen LogP contribution is 2.18. The van der Waals surface area contributed by atoms with Crippen LogP contribution in [-0.2, 0) is 11.3 Å². The van der Waals surface area contributed by atoms with Gasteiger partial charge in [-0.1, -0.05) is 30.3 Å². The van der Waals surface area contributed by atoms with Gasteiger partial charge in [0.25, 0.3) is 0 Å². The van der Waals surface area contributed by atoms with Crippen molar-refractivity contribution < 1.29 is 4.74 Å². The molecule has 1 aromatic carbocycles. The topological polar surface area (TPSA) is 39.1 Å². The van der Waals surface area contributed by atoms with Crippen molar-refractivity contribution in [1.82, 2.24) is 14.9 Å². The number of nitrogens with one attached hydrogen (secondary N) is 1. The SMILES string of the molecule is c1ccc(-c2cncn2CC2COCCN2)cc1. The largest absolute Gasteiger partial charge is 0.378 e. The fourth-order valence-corrected chi connectivity index (χ4v) is 2.29. The van der Waals surface area contributed by atoms with Crippen LogP contribution < -0.4 is 5.32 Å². The minimum atomic E-state index is 0.371. The summed E-state index contributed by atoms with van der Waals surface area (Å²) in [5, 5.41) is 3.46. The van der Waals surface area contributed by atoms with Crippen LogP contribution in [0, 0.1) is 0 Å². The highest BCUT2D eigenvalue weighted by atomic mass is 16.5. The maximum atomic E-state index is 5.48. The molecule has 94 valence electrons. The highest BCUT2D eigenvalue weighted by Gasteiger charge is 2.15. The second kappa shape index (κ2) is 5.33. The lowest BCUT2D eigenvalue weighted by Crippen LogP contribution is -2.43. The van der Waals surface area contributed by atoms with Gasteiger partial charge in [-0.2, -0.15) is 0 Å². The molecule has 0 amide bonds. The molecule has 0 bridgehead atoms. The Bertz CT molecular complexity index is 489. The summed E-state index contributed by atoms with van der Waals surface area (Å²) in [6.45, 7) is 3.41. The first-order chi connectivity index (χ1) is 8.93. The molecule has 2 aromatic rings. The van der Waals surface area contributed by atoms with Crippen molar-refractivity contribution in [3.63, 3.8) is 0 Å². The summed E-state index contributed by atoms with van der Waals surface area (Å²) in [4.78, 5) is 4.26. The molecular weight excluding hydrogens is 226 g/mol. The van der Waals surface area contributed by atoms with Crippen molar-refractivity contribution in [2.24, 2.45) is 0 Å². The summed E-state index contributed by atoms with van der Waals surface area (Å²) >= 11 is 0. The van der Waals surface area contributed by atoms with Crippen LogP contribution in [-0.4, -0.2) is 35.4 Å². The Labute approximate surface area is 107 Å². The Balaban J connectivity index is 1.79. The fraction of sp³-hybridized carbons (Fsp3) is 0.357. The molecule has 1 saturated heterocycles. The molecule has 1 atom stereocenters. The van der Waals surface area contributed by atoms with E-state index in [9.17, 15) is 0 Å². The third kappa shape index (κ3) is 2.44. The Kier molecular flexibility index (Phi) is 3.39. The first-order valence-corrected chi connectivity index (χ1v) is 6.30. The van der Waals surface area contributed by atoms with E-state index in [4.69, 9.17) is 4.74 Å². The quantitative estimate of drug-likeness (QED) is 0.888. The summed E-state index contributed by atoms with van der Waals surface area (Å²) in [5.74, 6) is 0. The number of nitrogens with zero attached hydrogens (tertiary/aromatic N) is 2. The van der Waals surface area contributed by atoms with Crippen molar-refractivity contribution in [3.05, 3.63) is 42.9 Å². The predicted octanol–water partition coefficient (Wildman–Crippen LogP) is 1.54. The molecule has 1 fully saturated rings. The van der Waals surface area contributed by atoms with Crippen LogP contribution in [0.15, 0.2) is 42.9 Å². The van der Waals surface area contributed by atoms with Gasteiger partial charge in [0, 0.05) is 19.1 Å². The number of hydrogen-bond donors (Lipinski definition) is 1. The molecule has 4 nitrogen and oxygen atoms in total. The second-order valence-electron chi connectivity index (χ2n) is 4.52. The van der Waals surface area contributed by atoms with Crippen LogP contribution >= 0.6 is 0 Å². The van der Waals surface area contributed by atoms with E-state index in [2.05, 4.69) is 39.1 Å². The molecule has 0 aliphatic carbocycles. The van der Waals surface area contributed by atoms with E-state index in [0.717, 1.165) is 32.0 Å². The van der Waals surface area contributed by atoms with E-state index < -0.39 is 0 Å².